The van der Waals surface area contributed by atoms with E-state index in [2.05, 4.69) is 28.3 Å². The molecule has 1 amide bonds. The van der Waals surface area contributed by atoms with Gasteiger partial charge in [0, 0.05) is 29.7 Å². The molecule has 6 nitrogen and oxygen atoms in total. The van der Waals surface area contributed by atoms with E-state index in [4.69, 9.17) is 14.5 Å². The number of thiazole rings is 1. The lowest BCUT2D eigenvalue weighted by Gasteiger charge is -2.12. The summed E-state index contributed by atoms with van der Waals surface area (Å²) in [5.74, 6) is 1.57. The molecule has 0 unspecified atom stereocenters. The number of methoxy groups -OCH3 is 2. The second-order valence-corrected chi connectivity index (χ2v) is 9.20. The van der Waals surface area contributed by atoms with Crippen molar-refractivity contribution in [1.82, 2.24) is 14.9 Å². The molecule has 0 aliphatic heterocycles. The summed E-state index contributed by atoms with van der Waals surface area (Å²) in [6.45, 7) is 5.39. The van der Waals surface area contributed by atoms with Crippen LogP contribution in [0.3, 0.4) is 0 Å². The molecule has 0 radical (unpaired) electrons. The van der Waals surface area contributed by atoms with Gasteiger partial charge in [-0.2, -0.15) is 0 Å². The molecule has 7 heteroatoms. The molecule has 4 aromatic rings. The molecule has 0 atom stereocenters. The monoisotopic (exact) mass is 489 g/mol. The lowest BCUT2D eigenvalue weighted by molar-refractivity contribution is 0.0952. The number of amides is 1. The van der Waals surface area contributed by atoms with Crippen LogP contribution in [0.1, 0.15) is 41.4 Å². The molecule has 4 rings (SSSR count). The molecule has 182 valence electrons. The highest BCUT2D eigenvalue weighted by Gasteiger charge is 2.20. The second-order valence-electron chi connectivity index (χ2n) is 8.34. The van der Waals surface area contributed by atoms with Gasteiger partial charge < -0.3 is 19.4 Å². The number of aromatic nitrogens is 2. The molecule has 0 aliphatic rings. The summed E-state index contributed by atoms with van der Waals surface area (Å²) in [4.78, 5) is 17.9. The summed E-state index contributed by atoms with van der Waals surface area (Å²) in [6, 6.07) is 17.9. The number of unbranched alkanes of at least 4 members (excludes halogenated alkanes) is 1. The summed E-state index contributed by atoms with van der Waals surface area (Å²) in [7, 11) is 3.32. The zero-order valence-electron chi connectivity index (χ0n) is 20.6. The number of ether oxygens (including phenoxy) is 2. The Morgan fingerprint density at radius 1 is 1.06 bits per heavy atom. The highest BCUT2D eigenvalue weighted by atomic mass is 32.1. The van der Waals surface area contributed by atoms with Crippen molar-refractivity contribution < 1.29 is 14.3 Å². The lowest BCUT2D eigenvalue weighted by atomic mass is 10.2. The van der Waals surface area contributed by atoms with E-state index in [1.807, 2.05) is 55.5 Å². The third-order valence-corrected chi connectivity index (χ3v) is 6.90. The van der Waals surface area contributed by atoms with Gasteiger partial charge in [-0.1, -0.05) is 25.5 Å². The van der Waals surface area contributed by atoms with Crippen molar-refractivity contribution in [3.63, 3.8) is 0 Å². The fraction of sp³-hybridized carbons (Fsp3) is 0.286. The topological polar surface area (TPSA) is 65.4 Å². The fourth-order valence-electron chi connectivity index (χ4n) is 3.98. The SMILES string of the molecule is CCCCNC(=O)c1cc(-c2csc(-c3ccc(OC)cc3)n2)n(Cc2cccc(OC)c2)c1C. The van der Waals surface area contributed by atoms with Crippen molar-refractivity contribution in [2.75, 3.05) is 20.8 Å². The van der Waals surface area contributed by atoms with Gasteiger partial charge in [0.1, 0.15) is 16.5 Å². The van der Waals surface area contributed by atoms with Crippen molar-refractivity contribution in [3.05, 3.63) is 76.8 Å². The molecule has 0 saturated heterocycles. The first kappa shape index (κ1) is 24.5. The molecule has 0 spiro atoms. The Balaban J connectivity index is 1.72. The van der Waals surface area contributed by atoms with E-state index in [1.54, 1.807) is 25.6 Å². The maximum absolute atomic E-state index is 13.0. The molecule has 1 N–H and O–H groups in total. The van der Waals surface area contributed by atoms with Crippen LogP contribution in [-0.4, -0.2) is 36.2 Å². The number of carbonyl (C=O) groups excluding carboxylic acids is 1. The first-order chi connectivity index (χ1) is 17.0. The summed E-state index contributed by atoms with van der Waals surface area (Å²) in [5, 5.41) is 6.03. The van der Waals surface area contributed by atoms with Crippen molar-refractivity contribution in [2.45, 2.75) is 33.2 Å². The Bertz CT molecular complexity index is 1290. The van der Waals surface area contributed by atoms with Crippen LogP contribution in [0.4, 0.5) is 0 Å². The number of nitrogens with one attached hydrogen (secondary N) is 1. The van der Waals surface area contributed by atoms with Gasteiger partial charge in [-0.15, -0.1) is 11.3 Å². The van der Waals surface area contributed by atoms with Crippen LogP contribution in [0.5, 0.6) is 11.5 Å². The Hall–Kier alpha value is -3.58. The molecule has 0 aliphatic carbocycles. The number of nitrogens with zero attached hydrogens (tertiary/aromatic N) is 2. The van der Waals surface area contributed by atoms with Crippen LogP contribution in [0, 0.1) is 6.92 Å². The predicted molar refractivity (Wildman–Crippen MR) is 142 cm³/mol. The van der Waals surface area contributed by atoms with E-state index >= 15 is 0 Å². The van der Waals surface area contributed by atoms with Gasteiger partial charge in [0.05, 0.1) is 31.2 Å². The average Bonchev–Trinajstić information content (AvgIpc) is 3.50. The van der Waals surface area contributed by atoms with Crippen LogP contribution >= 0.6 is 11.3 Å². The van der Waals surface area contributed by atoms with Crippen molar-refractivity contribution in [2.24, 2.45) is 0 Å². The zero-order valence-corrected chi connectivity index (χ0v) is 21.4. The Kier molecular flexibility index (Phi) is 7.87. The Morgan fingerprint density at radius 3 is 2.54 bits per heavy atom. The molecule has 0 saturated carbocycles. The third-order valence-electron chi connectivity index (χ3n) is 6.01. The van der Waals surface area contributed by atoms with Gasteiger partial charge in [-0.3, -0.25) is 4.79 Å². The van der Waals surface area contributed by atoms with E-state index in [1.165, 1.54) is 0 Å². The van der Waals surface area contributed by atoms with E-state index in [-0.39, 0.29) is 5.91 Å². The van der Waals surface area contributed by atoms with Crippen LogP contribution < -0.4 is 14.8 Å². The Morgan fingerprint density at radius 2 is 1.83 bits per heavy atom. The van der Waals surface area contributed by atoms with Crippen molar-refractivity contribution in [1.29, 1.82) is 0 Å². The largest absolute Gasteiger partial charge is 0.497 e. The first-order valence-corrected chi connectivity index (χ1v) is 12.6. The molecular weight excluding hydrogens is 458 g/mol. The van der Waals surface area contributed by atoms with Crippen LogP contribution in [0.2, 0.25) is 0 Å². The molecule has 2 aromatic heterocycles. The summed E-state index contributed by atoms with van der Waals surface area (Å²) in [6.07, 6.45) is 1.99. The fourth-order valence-corrected chi connectivity index (χ4v) is 4.80. The van der Waals surface area contributed by atoms with Crippen LogP contribution in [0.25, 0.3) is 22.0 Å². The van der Waals surface area contributed by atoms with Crippen LogP contribution in [0.15, 0.2) is 60.0 Å². The van der Waals surface area contributed by atoms with E-state index in [9.17, 15) is 4.79 Å². The average molecular weight is 490 g/mol. The molecule has 2 aromatic carbocycles. The summed E-state index contributed by atoms with van der Waals surface area (Å²) in [5.41, 5.74) is 5.48. The molecule has 0 fully saturated rings. The minimum Gasteiger partial charge on any atom is -0.497 e. The van der Waals surface area contributed by atoms with Gasteiger partial charge in [0.15, 0.2) is 0 Å². The molecule has 0 bridgehead atoms. The van der Waals surface area contributed by atoms with Crippen molar-refractivity contribution >= 4 is 17.2 Å². The smallest absolute Gasteiger partial charge is 0.253 e. The van der Waals surface area contributed by atoms with Gasteiger partial charge in [0.2, 0.25) is 0 Å². The number of benzene rings is 2. The molecular formula is C28H31N3O3S. The first-order valence-electron chi connectivity index (χ1n) is 11.8. The Labute approximate surface area is 210 Å². The van der Waals surface area contributed by atoms with E-state index < -0.39 is 0 Å². The second kappa shape index (κ2) is 11.2. The van der Waals surface area contributed by atoms with Gasteiger partial charge in [-0.25, -0.2) is 4.98 Å². The van der Waals surface area contributed by atoms with Gasteiger partial charge >= 0.3 is 0 Å². The maximum atomic E-state index is 13.0. The lowest BCUT2D eigenvalue weighted by Crippen LogP contribution is -2.24. The predicted octanol–water partition coefficient (Wildman–Crippen LogP) is 6.18. The van der Waals surface area contributed by atoms with E-state index in [0.717, 1.165) is 57.6 Å². The summed E-state index contributed by atoms with van der Waals surface area (Å²) < 4.78 is 12.8. The summed E-state index contributed by atoms with van der Waals surface area (Å²) >= 11 is 1.59. The third kappa shape index (κ3) is 5.57. The highest BCUT2D eigenvalue weighted by Crippen LogP contribution is 2.33. The van der Waals surface area contributed by atoms with Gasteiger partial charge in [0.25, 0.3) is 5.91 Å². The molecule has 35 heavy (non-hydrogen) atoms. The van der Waals surface area contributed by atoms with Crippen LogP contribution in [-0.2, 0) is 6.54 Å². The van der Waals surface area contributed by atoms with E-state index in [0.29, 0.717) is 18.7 Å². The maximum Gasteiger partial charge on any atom is 0.253 e. The standard InChI is InChI=1S/C28H31N3O3S/c1-5-6-14-29-27(32)24-16-26(31(19(24)2)17-20-8-7-9-23(15-20)34-4)25-18-35-28(30-25)21-10-12-22(33-3)13-11-21/h7-13,15-16,18H,5-6,14,17H2,1-4H3,(H,29,32). The number of carbonyl (C=O) groups is 1. The van der Waals surface area contributed by atoms with Gasteiger partial charge in [-0.05, 0) is 61.4 Å². The normalized spacial score (nSPS) is 10.9. The minimum atomic E-state index is -0.0489. The van der Waals surface area contributed by atoms with Crippen molar-refractivity contribution in [3.8, 4) is 33.5 Å². The number of rotatable bonds is 10. The highest BCUT2D eigenvalue weighted by molar-refractivity contribution is 7.13. The minimum absolute atomic E-state index is 0.0489. The number of hydrogen-bond acceptors (Lipinski definition) is 5. The zero-order chi connectivity index (χ0) is 24.8. The quantitative estimate of drug-likeness (QED) is 0.270. The molecule has 2 heterocycles. The number of hydrogen-bond donors (Lipinski definition) is 1.